The van der Waals surface area contributed by atoms with Gasteiger partial charge in [-0.3, -0.25) is 0 Å². The molecule has 0 radical (unpaired) electrons. The maximum absolute atomic E-state index is 10.7. The van der Waals surface area contributed by atoms with Crippen molar-refractivity contribution < 1.29 is 29.5 Å². The smallest absolute Gasteiger partial charge is 0.224 e. The molecule has 3 N–H and O–H groups in total. The number of aliphatic hydroxyl groups excluding tert-OH is 3. The molecule has 6 nitrogen and oxygen atoms in total. The van der Waals surface area contributed by atoms with E-state index >= 15 is 0 Å². The zero-order chi connectivity index (χ0) is 21.0. The third kappa shape index (κ3) is 4.58. The summed E-state index contributed by atoms with van der Waals surface area (Å²) >= 11 is 6.42. The number of halogens is 1. The lowest BCUT2D eigenvalue weighted by molar-refractivity contribution is -0.344. The van der Waals surface area contributed by atoms with E-state index in [0.717, 1.165) is 16.9 Å². The second kappa shape index (κ2) is 9.43. The molecule has 0 spiro atoms. The molecule has 1 aliphatic rings. The fraction of sp³-hybridized carbons (Fsp3) is 0.455. The minimum Gasteiger partial charge on any atom is -0.494 e. The largest absolute Gasteiger partial charge is 0.494 e. The molecule has 7 heteroatoms. The third-order valence-electron chi connectivity index (χ3n) is 5.18. The Labute approximate surface area is 175 Å². The van der Waals surface area contributed by atoms with E-state index in [4.69, 9.17) is 25.8 Å². The van der Waals surface area contributed by atoms with E-state index < -0.39 is 24.1 Å². The summed E-state index contributed by atoms with van der Waals surface area (Å²) in [4.78, 5) is 0. The average molecular weight is 423 g/mol. The molecule has 1 saturated heterocycles. The number of hydrogen-bond donors (Lipinski definition) is 3. The number of benzene rings is 2. The van der Waals surface area contributed by atoms with Gasteiger partial charge in [0.2, 0.25) is 5.79 Å². The molecule has 0 aliphatic carbocycles. The van der Waals surface area contributed by atoms with E-state index in [2.05, 4.69) is 0 Å². The molecule has 2 aromatic carbocycles. The maximum atomic E-state index is 10.7. The van der Waals surface area contributed by atoms with Gasteiger partial charge < -0.3 is 29.5 Å². The van der Waals surface area contributed by atoms with Crippen molar-refractivity contribution in [3.63, 3.8) is 0 Å². The maximum Gasteiger partial charge on any atom is 0.224 e. The molecule has 1 aliphatic heterocycles. The van der Waals surface area contributed by atoms with Gasteiger partial charge in [-0.2, -0.15) is 0 Å². The third-order valence-corrected chi connectivity index (χ3v) is 5.55. The van der Waals surface area contributed by atoms with Gasteiger partial charge >= 0.3 is 0 Å². The van der Waals surface area contributed by atoms with Crippen molar-refractivity contribution in [3.8, 4) is 5.75 Å². The Morgan fingerprint density at radius 2 is 1.90 bits per heavy atom. The lowest BCUT2D eigenvalue weighted by Crippen LogP contribution is -2.57. The zero-order valence-electron chi connectivity index (χ0n) is 16.5. The molecular weight excluding hydrogens is 396 g/mol. The molecule has 29 heavy (non-hydrogen) atoms. The number of ether oxygens (including phenoxy) is 3. The van der Waals surface area contributed by atoms with E-state index in [9.17, 15) is 15.3 Å². The van der Waals surface area contributed by atoms with Crippen LogP contribution in [0.4, 0.5) is 0 Å². The van der Waals surface area contributed by atoms with Gasteiger partial charge in [0, 0.05) is 24.1 Å². The summed E-state index contributed by atoms with van der Waals surface area (Å²) in [5.74, 6) is -0.791. The Bertz CT molecular complexity index is 811. The highest BCUT2D eigenvalue weighted by Gasteiger charge is 2.51. The first kappa shape index (κ1) is 22.0. The van der Waals surface area contributed by atoms with Crippen molar-refractivity contribution in [2.75, 3.05) is 20.3 Å². The van der Waals surface area contributed by atoms with Crippen molar-refractivity contribution in [2.45, 2.75) is 43.9 Å². The van der Waals surface area contributed by atoms with Crippen LogP contribution < -0.4 is 4.74 Å². The van der Waals surface area contributed by atoms with E-state index in [-0.39, 0.29) is 13.0 Å². The van der Waals surface area contributed by atoms with Gasteiger partial charge in [0.25, 0.3) is 0 Å². The van der Waals surface area contributed by atoms with Crippen LogP contribution in [0, 0.1) is 0 Å². The van der Waals surface area contributed by atoms with Crippen LogP contribution in [0.2, 0.25) is 5.02 Å². The van der Waals surface area contributed by atoms with Gasteiger partial charge in [-0.15, -0.1) is 0 Å². The van der Waals surface area contributed by atoms with Crippen molar-refractivity contribution in [2.24, 2.45) is 0 Å². The van der Waals surface area contributed by atoms with Crippen LogP contribution in [0.15, 0.2) is 42.5 Å². The predicted octanol–water partition coefficient (Wildman–Crippen LogP) is 2.63. The van der Waals surface area contributed by atoms with Gasteiger partial charge in [-0.05, 0) is 48.7 Å². The van der Waals surface area contributed by atoms with Gasteiger partial charge in [0.1, 0.15) is 11.9 Å². The summed E-state index contributed by atoms with van der Waals surface area (Å²) < 4.78 is 16.9. The van der Waals surface area contributed by atoms with E-state index in [1.165, 1.54) is 7.11 Å². The van der Waals surface area contributed by atoms with Crippen LogP contribution in [-0.2, 0) is 21.7 Å². The molecule has 0 saturated carbocycles. The molecule has 1 heterocycles. The minimum absolute atomic E-state index is 0.120. The Morgan fingerprint density at radius 3 is 2.52 bits per heavy atom. The fourth-order valence-electron chi connectivity index (χ4n) is 3.67. The van der Waals surface area contributed by atoms with Crippen LogP contribution in [0.25, 0.3) is 0 Å². The second-order valence-corrected chi connectivity index (χ2v) is 7.51. The molecule has 0 aromatic heterocycles. The average Bonchev–Trinajstić information content (AvgIpc) is 2.73. The Hall–Kier alpha value is -1.67. The van der Waals surface area contributed by atoms with Crippen LogP contribution in [0.1, 0.15) is 30.0 Å². The van der Waals surface area contributed by atoms with Crippen molar-refractivity contribution in [1.82, 2.24) is 0 Å². The Morgan fingerprint density at radius 1 is 1.17 bits per heavy atom. The first-order chi connectivity index (χ1) is 13.9. The highest BCUT2D eigenvalue weighted by Crippen LogP contribution is 2.40. The highest BCUT2D eigenvalue weighted by atomic mass is 35.5. The van der Waals surface area contributed by atoms with Crippen LogP contribution >= 0.6 is 11.6 Å². The van der Waals surface area contributed by atoms with E-state index in [1.807, 2.05) is 31.2 Å². The van der Waals surface area contributed by atoms with E-state index in [1.54, 1.807) is 18.2 Å². The van der Waals surface area contributed by atoms with Gasteiger partial charge in [0.15, 0.2) is 0 Å². The van der Waals surface area contributed by atoms with Crippen molar-refractivity contribution in [3.05, 3.63) is 64.2 Å². The first-order valence-electron chi connectivity index (χ1n) is 9.64. The zero-order valence-corrected chi connectivity index (χ0v) is 17.3. The second-order valence-electron chi connectivity index (χ2n) is 7.10. The molecule has 4 atom stereocenters. The molecule has 0 amide bonds. The fourth-order valence-corrected chi connectivity index (χ4v) is 3.86. The quantitative estimate of drug-likeness (QED) is 0.635. The Balaban J connectivity index is 1.92. The van der Waals surface area contributed by atoms with Gasteiger partial charge in [0.05, 0.1) is 25.4 Å². The molecule has 2 aromatic rings. The van der Waals surface area contributed by atoms with Crippen molar-refractivity contribution >= 4 is 11.6 Å². The standard InChI is InChI=1S/C22H27ClO6/c1-3-28-17-7-4-14(5-8-17)10-15-11-16(6-9-19(15)23)22(27-2)21(26)20(25)12-18(13-24)29-22/h4-9,11,18,20-21,24-26H,3,10,12-13H2,1-2H3/t18-,20-,21+,22?/m0/s1. The topological polar surface area (TPSA) is 88.4 Å². The summed E-state index contributed by atoms with van der Waals surface area (Å²) in [7, 11) is 1.40. The SMILES string of the molecule is CCOc1ccc(Cc2cc(C3(OC)O[C@H](CO)C[C@H](O)[C@H]3O)ccc2Cl)cc1. The number of hydrogen-bond acceptors (Lipinski definition) is 6. The molecular formula is C22H27ClO6. The monoisotopic (exact) mass is 422 g/mol. The lowest BCUT2D eigenvalue weighted by atomic mass is 9.88. The summed E-state index contributed by atoms with van der Waals surface area (Å²) in [5, 5.41) is 31.0. The highest BCUT2D eigenvalue weighted by molar-refractivity contribution is 6.31. The number of rotatable bonds is 7. The summed E-state index contributed by atoms with van der Waals surface area (Å²) in [6.45, 7) is 2.25. The lowest BCUT2D eigenvalue weighted by Gasteiger charge is -2.45. The van der Waals surface area contributed by atoms with Crippen LogP contribution in [-0.4, -0.2) is 54.0 Å². The molecule has 1 fully saturated rings. The summed E-state index contributed by atoms with van der Waals surface area (Å²) in [6.07, 6.45) is -2.38. The number of methoxy groups -OCH3 is 1. The number of aliphatic hydroxyl groups is 3. The minimum atomic E-state index is -1.59. The molecule has 1 unspecified atom stereocenters. The Kier molecular flexibility index (Phi) is 7.16. The van der Waals surface area contributed by atoms with Crippen LogP contribution in [0.5, 0.6) is 5.75 Å². The van der Waals surface area contributed by atoms with Gasteiger partial charge in [-0.1, -0.05) is 29.8 Å². The molecule has 0 bridgehead atoms. The van der Waals surface area contributed by atoms with Crippen molar-refractivity contribution in [1.29, 1.82) is 0 Å². The summed E-state index contributed by atoms with van der Waals surface area (Å²) in [6, 6.07) is 13.0. The van der Waals surface area contributed by atoms with Gasteiger partial charge in [-0.25, -0.2) is 0 Å². The first-order valence-corrected chi connectivity index (χ1v) is 10.0. The normalized spacial score (nSPS) is 27.0. The van der Waals surface area contributed by atoms with Crippen LogP contribution in [0.3, 0.4) is 0 Å². The molecule has 3 rings (SSSR count). The summed E-state index contributed by atoms with van der Waals surface area (Å²) in [5.41, 5.74) is 2.38. The van der Waals surface area contributed by atoms with E-state index in [0.29, 0.717) is 23.6 Å². The molecule has 158 valence electrons. The predicted molar refractivity (Wildman–Crippen MR) is 109 cm³/mol.